The molecule has 0 radical (unpaired) electrons. The molecule has 1 amide bonds. The first kappa shape index (κ1) is 21.2. The zero-order valence-electron chi connectivity index (χ0n) is 17.0. The van der Waals surface area contributed by atoms with Crippen molar-refractivity contribution in [1.82, 2.24) is 20.2 Å². The maximum atomic E-state index is 13.0. The topological polar surface area (TPSA) is 82.2 Å². The monoisotopic (exact) mass is 394 g/mol. The van der Waals surface area contributed by atoms with Crippen LogP contribution in [0.4, 0.5) is 0 Å². The molecular weight excluding hydrogens is 360 g/mol. The van der Waals surface area contributed by atoms with Gasteiger partial charge in [0.2, 0.25) is 5.91 Å². The minimum atomic E-state index is -0.758. The Morgan fingerprint density at radius 1 is 0.964 bits per heavy atom. The first-order chi connectivity index (χ1) is 13.5. The van der Waals surface area contributed by atoms with Gasteiger partial charge in [0.1, 0.15) is 6.42 Å². The van der Waals surface area contributed by atoms with Crippen molar-refractivity contribution >= 4 is 17.8 Å². The second-order valence-corrected chi connectivity index (χ2v) is 8.14. The quantitative estimate of drug-likeness (QED) is 0.548. The number of nitrogens with zero attached hydrogens (tertiary/aromatic N) is 3. The lowest BCUT2D eigenvalue weighted by molar-refractivity contribution is -0.169. The second kappa shape index (κ2) is 10.3. The summed E-state index contributed by atoms with van der Waals surface area (Å²) < 4.78 is 4.58. The van der Waals surface area contributed by atoms with Crippen LogP contribution in [0.2, 0.25) is 0 Å². The van der Waals surface area contributed by atoms with Gasteiger partial charge in [-0.15, -0.1) is 0 Å². The molecule has 1 aliphatic carbocycles. The average Bonchev–Trinajstić information content (AvgIpc) is 2.69. The largest absolute Gasteiger partial charge is 0.393 e. The zero-order chi connectivity index (χ0) is 19.9. The highest BCUT2D eigenvalue weighted by atomic mass is 16.6. The van der Waals surface area contributed by atoms with Gasteiger partial charge >= 0.3 is 11.9 Å². The van der Waals surface area contributed by atoms with Crippen molar-refractivity contribution in [2.24, 2.45) is 0 Å². The van der Waals surface area contributed by atoms with E-state index >= 15 is 0 Å². The molecule has 2 saturated heterocycles. The third kappa shape index (κ3) is 5.75. The molecule has 0 aromatic rings. The van der Waals surface area contributed by atoms with E-state index in [0.29, 0.717) is 6.04 Å². The van der Waals surface area contributed by atoms with Crippen molar-refractivity contribution in [2.75, 3.05) is 39.3 Å². The minimum Gasteiger partial charge on any atom is -0.393 e. The standard InChI is InChI=1S/C20H34N4O4/c1-16(25)28-20(27)15-19(26)24(18-5-3-2-4-6-18)23-13-11-22(12-14-23)17-7-9-21-10-8-17/h17-18,21H,2-15H2,1H3. The van der Waals surface area contributed by atoms with Gasteiger partial charge in [-0.05, 0) is 38.8 Å². The lowest BCUT2D eigenvalue weighted by atomic mass is 9.94. The molecule has 1 N–H and O–H groups in total. The first-order valence-corrected chi connectivity index (χ1v) is 10.8. The van der Waals surface area contributed by atoms with Gasteiger partial charge in [0.25, 0.3) is 0 Å². The molecular formula is C20H34N4O4. The molecule has 3 aliphatic rings. The summed E-state index contributed by atoms with van der Waals surface area (Å²) in [7, 11) is 0. The Labute approximate surface area is 167 Å². The van der Waals surface area contributed by atoms with E-state index in [9.17, 15) is 14.4 Å². The zero-order valence-corrected chi connectivity index (χ0v) is 17.0. The molecule has 0 spiro atoms. The van der Waals surface area contributed by atoms with Gasteiger partial charge in [0, 0.05) is 45.2 Å². The molecule has 2 heterocycles. The Hall–Kier alpha value is -1.51. The second-order valence-electron chi connectivity index (χ2n) is 8.14. The van der Waals surface area contributed by atoms with Crippen LogP contribution in [0.3, 0.4) is 0 Å². The average molecular weight is 395 g/mol. The fraction of sp³-hybridized carbons (Fsp3) is 0.850. The molecule has 3 fully saturated rings. The molecule has 1 saturated carbocycles. The van der Waals surface area contributed by atoms with Crippen LogP contribution in [0, 0.1) is 0 Å². The summed E-state index contributed by atoms with van der Waals surface area (Å²) in [6.07, 6.45) is 7.37. The maximum Gasteiger partial charge on any atom is 0.323 e. The van der Waals surface area contributed by atoms with Crippen LogP contribution in [0.1, 0.15) is 58.3 Å². The number of amides is 1. The van der Waals surface area contributed by atoms with E-state index in [1.807, 2.05) is 5.01 Å². The van der Waals surface area contributed by atoms with Gasteiger partial charge in [0.15, 0.2) is 0 Å². The van der Waals surface area contributed by atoms with Crippen LogP contribution >= 0.6 is 0 Å². The summed E-state index contributed by atoms with van der Waals surface area (Å²) >= 11 is 0. The molecule has 8 heteroatoms. The molecule has 2 aliphatic heterocycles. The minimum absolute atomic E-state index is 0.150. The molecule has 0 atom stereocenters. The molecule has 0 bridgehead atoms. The third-order valence-corrected chi connectivity index (χ3v) is 6.15. The Balaban J connectivity index is 1.61. The Morgan fingerprint density at radius 2 is 1.61 bits per heavy atom. The van der Waals surface area contributed by atoms with E-state index in [-0.39, 0.29) is 18.4 Å². The van der Waals surface area contributed by atoms with Gasteiger partial charge in [-0.1, -0.05) is 19.3 Å². The van der Waals surface area contributed by atoms with Crippen LogP contribution in [-0.4, -0.2) is 84.1 Å². The maximum absolute atomic E-state index is 13.0. The molecule has 0 aromatic heterocycles. The van der Waals surface area contributed by atoms with Crippen LogP contribution in [-0.2, 0) is 19.1 Å². The number of carbonyl (C=O) groups excluding carboxylic acids is 3. The number of piperazine rings is 1. The summed E-state index contributed by atoms with van der Waals surface area (Å²) in [5, 5.41) is 7.38. The number of hydrogen-bond donors (Lipinski definition) is 1. The van der Waals surface area contributed by atoms with Crippen molar-refractivity contribution < 1.29 is 19.1 Å². The Kier molecular flexibility index (Phi) is 7.82. The summed E-state index contributed by atoms with van der Waals surface area (Å²) in [6, 6.07) is 0.782. The van der Waals surface area contributed by atoms with E-state index in [1.165, 1.54) is 26.2 Å². The van der Waals surface area contributed by atoms with E-state index in [1.54, 1.807) is 0 Å². The summed E-state index contributed by atoms with van der Waals surface area (Å²) in [5.41, 5.74) is 0. The number of esters is 2. The molecule has 28 heavy (non-hydrogen) atoms. The lowest BCUT2D eigenvalue weighted by Crippen LogP contribution is -2.61. The number of rotatable bonds is 5. The fourth-order valence-electron chi connectivity index (χ4n) is 4.78. The number of piperidine rings is 1. The van der Waals surface area contributed by atoms with Crippen molar-refractivity contribution in [2.45, 2.75) is 70.4 Å². The Bertz CT molecular complexity index is 550. The van der Waals surface area contributed by atoms with Gasteiger partial charge < -0.3 is 10.1 Å². The number of hydrazine groups is 1. The molecule has 0 aromatic carbocycles. The number of carbonyl (C=O) groups is 3. The van der Waals surface area contributed by atoms with Crippen LogP contribution in [0.5, 0.6) is 0 Å². The third-order valence-electron chi connectivity index (χ3n) is 6.15. The highest BCUT2D eigenvalue weighted by Gasteiger charge is 2.35. The van der Waals surface area contributed by atoms with Crippen LogP contribution in [0.15, 0.2) is 0 Å². The summed E-state index contributed by atoms with van der Waals surface area (Å²) in [6.45, 7) is 6.83. The smallest absolute Gasteiger partial charge is 0.323 e. The van der Waals surface area contributed by atoms with Crippen LogP contribution in [0.25, 0.3) is 0 Å². The molecule has 3 rings (SSSR count). The van der Waals surface area contributed by atoms with Gasteiger partial charge in [0.05, 0.1) is 0 Å². The van der Waals surface area contributed by atoms with Gasteiger partial charge in [-0.25, -0.2) is 5.01 Å². The van der Waals surface area contributed by atoms with Gasteiger partial charge in [-0.3, -0.25) is 24.3 Å². The predicted molar refractivity (Wildman–Crippen MR) is 104 cm³/mol. The highest BCUT2D eigenvalue weighted by Crippen LogP contribution is 2.26. The molecule has 158 valence electrons. The number of nitrogens with one attached hydrogen (secondary N) is 1. The van der Waals surface area contributed by atoms with E-state index in [0.717, 1.165) is 65.0 Å². The van der Waals surface area contributed by atoms with Crippen LogP contribution < -0.4 is 5.32 Å². The van der Waals surface area contributed by atoms with Crippen molar-refractivity contribution in [1.29, 1.82) is 0 Å². The number of hydrogen-bond acceptors (Lipinski definition) is 7. The summed E-state index contributed by atoms with van der Waals surface area (Å²) in [4.78, 5) is 38.4. The predicted octanol–water partition coefficient (Wildman–Crippen LogP) is 0.912. The Morgan fingerprint density at radius 3 is 2.21 bits per heavy atom. The summed E-state index contributed by atoms with van der Waals surface area (Å²) in [5.74, 6) is -1.67. The van der Waals surface area contributed by atoms with E-state index in [2.05, 4.69) is 20.0 Å². The molecule has 8 nitrogen and oxygen atoms in total. The fourth-order valence-corrected chi connectivity index (χ4v) is 4.78. The first-order valence-electron chi connectivity index (χ1n) is 10.8. The number of ether oxygens (including phenoxy) is 1. The van der Waals surface area contributed by atoms with E-state index < -0.39 is 11.9 Å². The SMILES string of the molecule is CC(=O)OC(=O)CC(=O)N(C1CCCCC1)N1CCN(C2CCNCC2)CC1. The van der Waals surface area contributed by atoms with E-state index in [4.69, 9.17) is 0 Å². The highest BCUT2D eigenvalue weighted by molar-refractivity contribution is 5.97. The van der Waals surface area contributed by atoms with Crippen molar-refractivity contribution in [3.8, 4) is 0 Å². The van der Waals surface area contributed by atoms with Gasteiger partial charge in [-0.2, -0.15) is 0 Å². The van der Waals surface area contributed by atoms with Crippen molar-refractivity contribution in [3.63, 3.8) is 0 Å². The van der Waals surface area contributed by atoms with Crippen molar-refractivity contribution in [3.05, 3.63) is 0 Å². The molecule has 0 unspecified atom stereocenters. The lowest BCUT2D eigenvalue weighted by Gasteiger charge is -2.47. The normalized spacial score (nSPS) is 23.3.